The molecule has 0 aliphatic carbocycles. The third kappa shape index (κ3) is 3.72. The van der Waals surface area contributed by atoms with Gasteiger partial charge in [0.05, 0.1) is 14.2 Å². The van der Waals surface area contributed by atoms with Crippen LogP contribution in [0.4, 0.5) is 5.69 Å². The van der Waals surface area contributed by atoms with E-state index in [0.29, 0.717) is 17.2 Å². The van der Waals surface area contributed by atoms with Crippen molar-refractivity contribution in [3.05, 3.63) is 48.3 Å². The Hall–Kier alpha value is -2.56. The quantitative estimate of drug-likeness (QED) is 0.855. The van der Waals surface area contributed by atoms with Crippen molar-refractivity contribution >= 4 is 11.6 Å². The topological polar surface area (TPSA) is 51.4 Å². The first-order valence-corrected chi connectivity index (χ1v) is 6.61. The van der Waals surface area contributed by atoms with Crippen LogP contribution in [-0.2, 0) is 11.3 Å². The van der Waals surface area contributed by atoms with Gasteiger partial charge in [0.25, 0.3) is 5.91 Å². The molecule has 1 aromatic carbocycles. The van der Waals surface area contributed by atoms with Gasteiger partial charge in [-0.05, 0) is 12.1 Å². The SMILES string of the molecule is COc1ccc(NC(=O)C[n+]2ccccc2C)cc1OC. The number of aryl methyl sites for hydroxylation is 1. The van der Waals surface area contributed by atoms with E-state index in [1.54, 1.807) is 32.4 Å². The standard InChI is InChI=1S/C16H18N2O3/c1-12-6-4-5-9-18(12)11-16(19)17-13-7-8-14(20-2)15(10-13)21-3/h4-10H,11H2,1-3H3/p+1. The van der Waals surface area contributed by atoms with Crippen molar-refractivity contribution in [2.24, 2.45) is 0 Å². The Morgan fingerprint density at radius 1 is 1.14 bits per heavy atom. The van der Waals surface area contributed by atoms with Crippen LogP contribution in [0, 0.1) is 6.92 Å². The number of ether oxygens (including phenoxy) is 2. The summed E-state index contributed by atoms with van der Waals surface area (Å²) in [5, 5.41) is 2.85. The molecule has 0 aliphatic rings. The van der Waals surface area contributed by atoms with Crippen LogP contribution >= 0.6 is 0 Å². The maximum atomic E-state index is 12.1. The lowest BCUT2D eigenvalue weighted by molar-refractivity contribution is -0.690. The van der Waals surface area contributed by atoms with Crippen molar-refractivity contribution in [2.45, 2.75) is 13.5 Å². The minimum Gasteiger partial charge on any atom is -0.493 e. The second-order valence-corrected chi connectivity index (χ2v) is 4.59. The highest BCUT2D eigenvalue weighted by Gasteiger charge is 2.13. The molecule has 0 fully saturated rings. The van der Waals surface area contributed by atoms with Gasteiger partial charge in [-0.15, -0.1) is 0 Å². The Balaban J connectivity index is 2.08. The van der Waals surface area contributed by atoms with Crippen LogP contribution in [0.2, 0.25) is 0 Å². The smallest absolute Gasteiger partial charge is 0.290 e. The molecule has 1 heterocycles. The molecule has 0 bridgehead atoms. The second kappa shape index (κ2) is 6.74. The maximum absolute atomic E-state index is 12.1. The normalized spacial score (nSPS) is 10.0. The van der Waals surface area contributed by atoms with E-state index in [9.17, 15) is 4.79 Å². The van der Waals surface area contributed by atoms with Gasteiger partial charge in [0.15, 0.2) is 23.4 Å². The van der Waals surface area contributed by atoms with Gasteiger partial charge in [-0.25, -0.2) is 0 Å². The molecule has 0 radical (unpaired) electrons. The summed E-state index contributed by atoms with van der Waals surface area (Å²) in [4.78, 5) is 12.1. The molecule has 0 spiro atoms. The molecule has 2 aromatic rings. The number of anilines is 1. The van der Waals surface area contributed by atoms with E-state index in [2.05, 4.69) is 5.32 Å². The van der Waals surface area contributed by atoms with Gasteiger partial charge in [-0.3, -0.25) is 4.79 Å². The van der Waals surface area contributed by atoms with Crippen molar-refractivity contribution in [3.8, 4) is 11.5 Å². The minimum atomic E-state index is -0.0958. The summed E-state index contributed by atoms with van der Waals surface area (Å²) in [6, 6.07) is 11.1. The highest BCUT2D eigenvalue weighted by molar-refractivity contribution is 5.90. The fourth-order valence-corrected chi connectivity index (χ4v) is 2.01. The Labute approximate surface area is 124 Å². The molecule has 5 nitrogen and oxygen atoms in total. The first-order valence-electron chi connectivity index (χ1n) is 6.61. The first-order chi connectivity index (χ1) is 10.1. The van der Waals surface area contributed by atoms with Gasteiger partial charge in [0.2, 0.25) is 6.54 Å². The molecule has 0 atom stereocenters. The number of hydrogen-bond acceptors (Lipinski definition) is 3. The average Bonchev–Trinajstić information content (AvgIpc) is 2.49. The predicted molar refractivity (Wildman–Crippen MR) is 79.5 cm³/mol. The molecule has 5 heteroatoms. The molecule has 1 N–H and O–H groups in total. The third-order valence-electron chi connectivity index (χ3n) is 3.15. The van der Waals surface area contributed by atoms with E-state index in [-0.39, 0.29) is 12.5 Å². The molecule has 0 saturated heterocycles. The number of carbonyl (C=O) groups is 1. The number of benzene rings is 1. The van der Waals surface area contributed by atoms with E-state index in [1.807, 2.05) is 35.9 Å². The largest absolute Gasteiger partial charge is 0.493 e. The predicted octanol–water partition coefficient (Wildman–Crippen LogP) is 1.94. The highest BCUT2D eigenvalue weighted by Crippen LogP contribution is 2.29. The van der Waals surface area contributed by atoms with Crippen molar-refractivity contribution < 1.29 is 18.8 Å². The summed E-state index contributed by atoms with van der Waals surface area (Å²) in [7, 11) is 3.14. The number of amides is 1. The molecule has 0 saturated carbocycles. The van der Waals surface area contributed by atoms with Crippen LogP contribution in [0.15, 0.2) is 42.6 Å². The molecule has 1 amide bonds. The summed E-state index contributed by atoms with van der Waals surface area (Å²) in [5.74, 6) is 1.11. The van der Waals surface area contributed by atoms with Gasteiger partial charge in [0, 0.05) is 30.8 Å². The summed E-state index contributed by atoms with van der Waals surface area (Å²) >= 11 is 0. The molecule has 2 rings (SSSR count). The van der Waals surface area contributed by atoms with Crippen LogP contribution in [0.5, 0.6) is 11.5 Å². The van der Waals surface area contributed by atoms with Gasteiger partial charge in [-0.2, -0.15) is 4.57 Å². The van der Waals surface area contributed by atoms with E-state index in [0.717, 1.165) is 5.69 Å². The third-order valence-corrected chi connectivity index (χ3v) is 3.15. The van der Waals surface area contributed by atoms with Crippen molar-refractivity contribution in [1.29, 1.82) is 0 Å². The Bertz CT molecular complexity index is 641. The fourth-order valence-electron chi connectivity index (χ4n) is 2.01. The Morgan fingerprint density at radius 3 is 2.57 bits per heavy atom. The summed E-state index contributed by atoms with van der Waals surface area (Å²) in [5.41, 5.74) is 1.70. The number of rotatable bonds is 5. The average molecular weight is 287 g/mol. The number of hydrogen-bond donors (Lipinski definition) is 1. The maximum Gasteiger partial charge on any atom is 0.290 e. The molecular weight excluding hydrogens is 268 g/mol. The van der Waals surface area contributed by atoms with Crippen molar-refractivity contribution in [2.75, 3.05) is 19.5 Å². The van der Waals surface area contributed by atoms with Gasteiger partial charge in [-0.1, -0.05) is 6.07 Å². The van der Waals surface area contributed by atoms with Gasteiger partial charge < -0.3 is 14.8 Å². The van der Waals surface area contributed by atoms with E-state index in [4.69, 9.17) is 9.47 Å². The van der Waals surface area contributed by atoms with Crippen LogP contribution in [0.1, 0.15) is 5.69 Å². The highest BCUT2D eigenvalue weighted by atomic mass is 16.5. The first kappa shape index (κ1) is 14.8. The number of pyridine rings is 1. The fraction of sp³-hybridized carbons (Fsp3) is 0.250. The van der Waals surface area contributed by atoms with Crippen molar-refractivity contribution in [1.82, 2.24) is 0 Å². The lowest BCUT2D eigenvalue weighted by atomic mass is 10.2. The molecule has 0 unspecified atom stereocenters. The van der Waals surface area contributed by atoms with Crippen LogP contribution in [0.25, 0.3) is 0 Å². The monoisotopic (exact) mass is 287 g/mol. The van der Waals surface area contributed by atoms with Gasteiger partial charge >= 0.3 is 0 Å². The summed E-state index contributed by atoms with van der Waals surface area (Å²) in [6.07, 6.45) is 1.88. The molecule has 0 aliphatic heterocycles. The number of nitrogens with one attached hydrogen (secondary N) is 1. The lowest BCUT2D eigenvalue weighted by Crippen LogP contribution is -2.42. The number of aromatic nitrogens is 1. The molecule has 110 valence electrons. The summed E-state index contributed by atoms with van der Waals surface area (Å²) < 4.78 is 12.3. The van der Waals surface area contributed by atoms with E-state index < -0.39 is 0 Å². The van der Waals surface area contributed by atoms with E-state index >= 15 is 0 Å². The van der Waals surface area contributed by atoms with Gasteiger partial charge in [0.1, 0.15) is 0 Å². The Kier molecular flexibility index (Phi) is 4.77. The van der Waals surface area contributed by atoms with Crippen LogP contribution < -0.4 is 19.4 Å². The summed E-state index contributed by atoms with van der Waals surface area (Å²) in [6.45, 7) is 2.23. The second-order valence-electron chi connectivity index (χ2n) is 4.59. The minimum absolute atomic E-state index is 0.0958. The molecular formula is C16H19N2O3+. The van der Waals surface area contributed by atoms with Crippen LogP contribution in [-0.4, -0.2) is 20.1 Å². The molecule has 21 heavy (non-hydrogen) atoms. The zero-order chi connectivity index (χ0) is 15.2. The zero-order valence-electron chi connectivity index (χ0n) is 12.4. The number of methoxy groups -OCH3 is 2. The van der Waals surface area contributed by atoms with Crippen molar-refractivity contribution in [3.63, 3.8) is 0 Å². The van der Waals surface area contributed by atoms with E-state index in [1.165, 1.54) is 0 Å². The lowest BCUT2D eigenvalue weighted by Gasteiger charge is -2.10. The molecule has 1 aromatic heterocycles. The Morgan fingerprint density at radius 2 is 1.90 bits per heavy atom. The zero-order valence-corrected chi connectivity index (χ0v) is 12.4. The number of carbonyl (C=O) groups excluding carboxylic acids is 1. The number of nitrogens with zero attached hydrogens (tertiary/aromatic N) is 1. The van der Waals surface area contributed by atoms with Crippen LogP contribution in [0.3, 0.4) is 0 Å².